The zero-order valence-corrected chi connectivity index (χ0v) is 10.6. The van der Waals surface area contributed by atoms with Crippen molar-refractivity contribution in [3.8, 4) is 10.7 Å². The number of hydrogen-bond donors (Lipinski definition) is 1. The highest BCUT2D eigenvalue weighted by molar-refractivity contribution is 7.19. The first kappa shape index (κ1) is 11.4. The molecule has 0 spiro atoms. The van der Waals surface area contributed by atoms with Crippen molar-refractivity contribution in [2.45, 2.75) is 0 Å². The zero-order chi connectivity index (χ0) is 12.7. The van der Waals surface area contributed by atoms with Crippen molar-refractivity contribution in [1.82, 2.24) is 9.97 Å². The van der Waals surface area contributed by atoms with E-state index in [0.29, 0.717) is 26.9 Å². The SMILES string of the molecule is Nc1nc(-c2ccc(Cl)s2)nc2cc(F)ccc12. The Morgan fingerprint density at radius 2 is 2.00 bits per heavy atom. The number of hydrogen-bond acceptors (Lipinski definition) is 4. The summed E-state index contributed by atoms with van der Waals surface area (Å²) in [6.45, 7) is 0. The molecule has 3 nitrogen and oxygen atoms in total. The topological polar surface area (TPSA) is 51.8 Å². The van der Waals surface area contributed by atoms with E-state index in [-0.39, 0.29) is 5.82 Å². The first-order chi connectivity index (χ1) is 8.63. The van der Waals surface area contributed by atoms with Crippen LogP contribution in [0, 0.1) is 5.82 Å². The van der Waals surface area contributed by atoms with Crippen LogP contribution in [-0.2, 0) is 0 Å². The van der Waals surface area contributed by atoms with E-state index in [0.717, 1.165) is 4.88 Å². The fourth-order valence-corrected chi connectivity index (χ4v) is 2.65. The summed E-state index contributed by atoms with van der Waals surface area (Å²) in [4.78, 5) is 9.32. The Balaban J connectivity index is 2.26. The van der Waals surface area contributed by atoms with Gasteiger partial charge in [-0.1, -0.05) is 11.6 Å². The standard InChI is InChI=1S/C12H7ClFN3S/c13-10-4-3-9(18-10)12-16-8-5-6(14)1-2-7(8)11(15)17-12/h1-5H,(H2,15,16,17). The summed E-state index contributed by atoms with van der Waals surface area (Å²) in [7, 11) is 0. The van der Waals surface area contributed by atoms with E-state index in [4.69, 9.17) is 17.3 Å². The predicted octanol–water partition coefficient (Wildman–Crippen LogP) is 3.73. The minimum Gasteiger partial charge on any atom is -0.383 e. The van der Waals surface area contributed by atoms with Crippen LogP contribution in [0.25, 0.3) is 21.6 Å². The Kier molecular flexibility index (Phi) is 2.65. The third-order valence-electron chi connectivity index (χ3n) is 2.48. The smallest absolute Gasteiger partial charge is 0.172 e. The number of halogens is 2. The van der Waals surface area contributed by atoms with E-state index in [1.165, 1.54) is 23.5 Å². The highest BCUT2D eigenvalue weighted by atomic mass is 35.5. The summed E-state index contributed by atoms with van der Waals surface area (Å²) in [6.07, 6.45) is 0. The number of thiophene rings is 1. The number of fused-ring (bicyclic) bond motifs is 1. The van der Waals surface area contributed by atoms with Gasteiger partial charge in [0.1, 0.15) is 11.6 Å². The number of anilines is 1. The second kappa shape index (κ2) is 4.19. The summed E-state index contributed by atoms with van der Waals surface area (Å²) in [5.74, 6) is 0.442. The molecule has 0 aliphatic heterocycles. The highest BCUT2D eigenvalue weighted by Gasteiger charge is 2.09. The number of aromatic nitrogens is 2. The van der Waals surface area contributed by atoms with Crippen LogP contribution in [0.1, 0.15) is 0 Å². The zero-order valence-electron chi connectivity index (χ0n) is 9.02. The van der Waals surface area contributed by atoms with Gasteiger partial charge in [0.25, 0.3) is 0 Å². The fraction of sp³-hybridized carbons (Fsp3) is 0. The maximum atomic E-state index is 13.2. The maximum absolute atomic E-state index is 13.2. The van der Waals surface area contributed by atoms with E-state index in [1.807, 2.05) is 6.07 Å². The average Bonchev–Trinajstić information content (AvgIpc) is 2.75. The Bertz CT molecular complexity index is 741. The number of nitrogens with two attached hydrogens (primary N) is 1. The number of nitrogen functional groups attached to an aromatic ring is 1. The van der Waals surface area contributed by atoms with E-state index < -0.39 is 0 Å². The first-order valence-electron chi connectivity index (χ1n) is 5.12. The lowest BCUT2D eigenvalue weighted by atomic mass is 10.2. The second-order valence-electron chi connectivity index (χ2n) is 3.70. The van der Waals surface area contributed by atoms with Gasteiger partial charge in [-0.15, -0.1) is 11.3 Å². The molecule has 0 bridgehead atoms. The Labute approximate surface area is 111 Å². The van der Waals surface area contributed by atoms with Crippen LogP contribution in [0.4, 0.5) is 10.2 Å². The van der Waals surface area contributed by atoms with Crippen molar-refractivity contribution in [2.75, 3.05) is 5.73 Å². The molecule has 0 amide bonds. The summed E-state index contributed by atoms with van der Waals surface area (Å²) in [5.41, 5.74) is 6.34. The van der Waals surface area contributed by atoms with E-state index in [9.17, 15) is 4.39 Å². The van der Waals surface area contributed by atoms with Crippen molar-refractivity contribution >= 4 is 39.7 Å². The number of rotatable bonds is 1. The van der Waals surface area contributed by atoms with Crippen LogP contribution in [-0.4, -0.2) is 9.97 Å². The molecule has 90 valence electrons. The van der Waals surface area contributed by atoms with Gasteiger partial charge in [-0.05, 0) is 24.3 Å². The van der Waals surface area contributed by atoms with Crippen LogP contribution in [0.15, 0.2) is 30.3 Å². The lowest BCUT2D eigenvalue weighted by Crippen LogP contribution is -1.97. The van der Waals surface area contributed by atoms with Crippen molar-refractivity contribution in [3.63, 3.8) is 0 Å². The van der Waals surface area contributed by atoms with Crippen LogP contribution in [0.3, 0.4) is 0 Å². The first-order valence-corrected chi connectivity index (χ1v) is 6.31. The lowest BCUT2D eigenvalue weighted by molar-refractivity contribution is 0.629. The molecule has 0 saturated heterocycles. The van der Waals surface area contributed by atoms with Crippen LogP contribution < -0.4 is 5.73 Å². The molecule has 0 aliphatic rings. The molecule has 3 rings (SSSR count). The molecule has 0 atom stereocenters. The van der Waals surface area contributed by atoms with Crippen LogP contribution in [0.5, 0.6) is 0 Å². The third kappa shape index (κ3) is 1.91. The lowest BCUT2D eigenvalue weighted by Gasteiger charge is -2.03. The predicted molar refractivity (Wildman–Crippen MR) is 72.2 cm³/mol. The van der Waals surface area contributed by atoms with Gasteiger partial charge in [0.2, 0.25) is 0 Å². The van der Waals surface area contributed by atoms with E-state index in [1.54, 1.807) is 12.1 Å². The molecular formula is C12H7ClFN3S. The molecule has 0 saturated carbocycles. The van der Waals surface area contributed by atoms with Gasteiger partial charge in [-0.2, -0.15) is 0 Å². The quantitative estimate of drug-likeness (QED) is 0.738. The second-order valence-corrected chi connectivity index (χ2v) is 5.41. The summed E-state index contributed by atoms with van der Waals surface area (Å²) in [5, 5.41) is 0.641. The largest absolute Gasteiger partial charge is 0.383 e. The van der Waals surface area contributed by atoms with Crippen molar-refractivity contribution in [1.29, 1.82) is 0 Å². The molecule has 0 unspecified atom stereocenters. The minimum atomic E-state index is -0.351. The van der Waals surface area contributed by atoms with Gasteiger partial charge in [-0.3, -0.25) is 0 Å². The molecule has 6 heteroatoms. The van der Waals surface area contributed by atoms with E-state index >= 15 is 0 Å². The van der Waals surface area contributed by atoms with Gasteiger partial charge < -0.3 is 5.73 Å². The third-order valence-corrected chi connectivity index (χ3v) is 3.71. The van der Waals surface area contributed by atoms with Gasteiger partial charge >= 0.3 is 0 Å². The van der Waals surface area contributed by atoms with E-state index in [2.05, 4.69) is 9.97 Å². The number of benzene rings is 1. The van der Waals surface area contributed by atoms with Gasteiger partial charge in [0.05, 0.1) is 14.7 Å². The molecule has 0 aliphatic carbocycles. The molecule has 1 aromatic carbocycles. The molecule has 2 aromatic heterocycles. The summed E-state index contributed by atoms with van der Waals surface area (Å²) < 4.78 is 13.8. The molecule has 18 heavy (non-hydrogen) atoms. The molecule has 3 aromatic rings. The van der Waals surface area contributed by atoms with Gasteiger partial charge in [0, 0.05) is 11.5 Å². The Hall–Kier alpha value is -1.72. The molecular weight excluding hydrogens is 273 g/mol. The van der Waals surface area contributed by atoms with Crippen LogP contribution >= 0.6 is 22.9 Å². The normalized spacial score (nSPS) is 11.0. The maximum Gasteiger partial charge on any atom is 0.172 e. The summed E-state index contributed by atoms with van der Waals surface area (Å²) in [6, 6.07) is 7.82. The van der Waals surface area contributed by atoms with Crippen molar-refractivity contribution in [2.24, 2.45) is 0 Å². The van der Waals surface area contributed by atoms with Gasteiger partial charge in [0.15, 0.2) is 5.82 Å². The number of nitrogens with zero attached hydrogens (tertiary/aromatic N) is 2. The molecule has 0 radical (unpaired) electrons. The monoisotopic (exact) mass is 279 g/mol. The average molecular weight is 280 g/mol. The van der Waals surface area contributed by atoms with Gasteiger partial charge in [-0.25, -0.2) is 14.4 Å². The van der Waals surface area contributed by atoms with Crippen molar-refractivity contribution < 1.29 is 4.39 Å². The fourth-order valence-electron chi connectivity index (χ4n) is 1.67. The molecule has 2 heterocycles. The summed E-state index contributed by atoms with van der Waals surface area (Å²) >= 11 is 7.22. The Morgan fingerprint density at radius 3 is 2.72 bits per heavy atom. The Morgan fingerprint density at radius 1 is 1.17 bits per heavy atom. The molecule has 2 N–H and O–H groups in total. The minimum absolute atomic E-state index is 0.333. The van der Waals surface area contributed by atoms with Crippen LogP contribution in [0.2, 0.25) is 4.34 Å². The highest BCUT2D eigenvalue weighted by Crippen LogP contribution is 2.30. The molecule has 0 fully saturated rings. The van der Waals surface area contributed by atoms with Crippen molar-refractivity contribution in [3.05, 3.63) is 40.5 Å².